The summed E-state index contributed by atoms with van der Waals surface area (Å²) in [5.74, 6) is 0. The number of pyridine rings is 2. The van der Waals surface area contributed by atoms with E-state index in [1.807, 2.05) is 183 Å². The highest BCUT2D eigenvalue weighted by Crippen LogP contribution is 2.36. The van der Waals surface area contributed by atoms with Crippen molar-refractivity contribution in [3.8, 4) is 22.3 Å². The summed E-state index contributed by atoms with van der Waals surface area (Å²) in [6.07, 6.45) is 2.18. The minimum atomic E-state index is -0.955. The molecule has 0 fully saturated rings. The molecule has 0 radical (unpaired) electrons. The monoisotopic (exact) mass is 748 g/mol. The molecule has 1 unspecified atom stereocenters. The lowest BCUT2D eigenvalue weighted by Gasteiger charge is -2.40. The molecular weight excluding hydrogens is 697 g/mol. The topological polar surface area (TPSA) is 95.9 Å². The van der Waals surface area contributed by atoms with Crippen LogP contribution in [0.5, 0.6) is 0 Å². The number of anilines is 1. The van der Waals surface area contributed by atoms with Crippen LogP contribution in [-0.2, 0) is 11.3 Å². The van der Waals surface area contributed by atoms with Crippen molar-refractivity contribution in [2.75, 3.05) is 4.90 Å². The fourth-order valence-corrected chi connectivity index (χ4v) is 6.44. The molecule has 1 atom stereocenters. The Hall–Kier alpha value is -6.28. The quantitative estimate of drug-likeness (QED) is 0.166. The van der Waals surface area contributed by atoms with Crippen molar-refractivity contribution in [2.45, 2.75) is 79.1 Å². The standard InChI is InChI=1S/2C24H26N2O2/c1-18-22(20-13-9-6-10-14-20)15-21(16-25-18)26(23(27)28-24(2,3)4)17-19-11-7-5-8-12-19;1-17-21(18-11-7-5-8-12-18)15-20(16-25-17)22(19-13-9-6-10-14-19)26(23(27)28)24(2,3)4/h5-16H,17H2,1-4H3;5-16,22H,1-4H3,(H,27,28). The molecule has 0 saturated heterocycles. The summed E-state index contributed by atoms with van der Waals surface area (Å²) >= 11 is 0. The zero-order valence-electron chi connectivity index (χ0n) is 33.6. The highest BCUT2D eigenvalue weighted by Gasteiger charge is 2.35. The second kappa shape index (κ2) is 17.9. The Morgan fingerprint density at radius 2 is 1.11 bits per heavy atom. The van der Waals surface area contributed by atoms with Crippen LogP contribution in [0.4, 0.5) is 15.3 Å². The molecule has 288 valence electrons. The van der Waals surface area contributed by atoms with Crippen LogP contribution >= 0.6 is 0 Å². The number of aryl methyl sites for hydroxylation is 2. The highest BCUT2D eigenvalue weighted by molar-refractivity contribution is 5.89. The van der Waals surface area contributed by atoms with Gasteiger partial charge in [0.05, 0.1) is 24.5 Å². The summed E-state index contributed by atoms with van der Waals surface area (Å²) in [5.41, 5.74) is 8.33. The lowest BCUT2D eigenvalue weighted by Crippen LogP contribution is -2.47. The lowest BCUT2D eigenvalue weighted by molar-refractivity contribution is 0.0577. The summed E-state index contributed by atoms with van der Waals surface area (Å²) < 4.78 is 5.66. The molecule has 0 aliphatic rings. The van der Waals surface area contributed by atoms with E-state index in [1.54, 1.807) is 17.3 Å². The van der Waals surface area contributed by atoms with Gasteiger partial charge in [-0.3, -0.25) is 19.8 Å². The molecule has 56 heavy (non-hydrogen) atoms. The summed E-state index contributed by atoms with van der Waals surface area (Å²) in [4.78, 5) is 37.5. The predicted molar refractivity (Wildman–Crippen MR) is 226 cm³/mol. The van der Waals surface area contributed by atoms with E-state index in [2.05, 4.69) is 16.0 Å². The fourth-order valence-electron chi connectivity index (χ4n) is 6.44. The number of nitrogens with zero attached hydrogens (tertiary/aromatic N) is 4. The minimum Gasteiger partial charge on any atom is -0.465 e. The van der Waals surface area contributed by atoms with Crippen molar-refractivity contribution in [3.63, 3.8) is 0 Å². The van der Waals surface area contributed by atoms with Crippen LogP contribution in [0.1, 0.15) is 75.7 Å². The number of carboxylic acid groups (broad SMARTS) is 1. The minimum absolute atomic E-state index is 0.388. The van der Waals surface area contributed by atoms with E-state index in [1.165, 1.54) is 4.90 Å². The van der Waals surface area contributed by atoms with Gasteiger partial charge in [-0.05, 0) is 95.3 Å². The van der Waals surface area contributed by atoms with Crippen LogP contribution in [0.2, 0.25) is 0 Å². The second-order valence-electron chi connectivity index (χ2n) is 15.6. The number of rotatable bonds is 8. The van der Waals surface area contributed by atoms with Gasteiger partial charge in [-0.25, -0.2) is 9.59 Å². The molecule has 4 aromatic carbocycles. The van der Waals surface area contributed by atoms with E-state index in [4.69, 9.17) is 4.74 Å². The second-order valence-corrected chi connectivity index (χ2v) is 15.6. The van der Waals surface area contributed by atoms with E-state index < -0.39 is 23.3 Å². The zero-order valence-corrected chi connectivity index (χ0v) is 33.6. The maximum absolute atomic E-state index is 13.0. The third-order valence-electron chi connectivity index (χ3n) is 9.08. The summed E-state index contributed by atoms with van der Waals surface area (Å²) in [6.45, 7) is 15.7. The number of carbonyl (C=O) groups excluding carboxylic acids is 1. The molecule has 2 aromatic heterocycles. The van der Waals surface area contributed by atoms with Crippen LogP contribution in [0.25, 0.3) is 22.3 Å². The van der Waals surface area contributed by atoms with Gasteiger partial charge in [0.1, 0.15) is 5.60 Å². The van der Waals surface area contributed by atoms with Gasteiger partial charge in [0, 0.05) is 34.3 Å². The molecule has 8 heteroatoms. The van der Waals surface area contributed by atoms with Crippen molar-refractivity contribution in [2.24, 2.45) is 0 Å². The first-order valence-corrected chi connectivity index (χ1v) is 18.8. The van der Waals surface area contributed by atoms with Crippen molar-refractivity contribution < 1.29 is 19.4 Å². The van der Waals surface area contributed by atoms with Gasteiger partial charge in [-0.1, -0.05) is 121 Å². The number of hydrogen-bond donors (Lipinski definition) is 1. The van der Waals surface area contributed by atoms with Gasteiger partial charge in [-0.2, -0.15) is 0 Å². The lowest BCUT2D eigenvalue weighted by atomic mass is 9.91. The molecule has 2 heterocycles. The number of aromatic nitrogens is 2. The first-order valence-electron chi connectivity index (χ1n) is 18.8. The average Bonchev–Trinajstić information content (AvgIpc) is 3.17. The Kier molecular flexibility index (Phi) is 13.1. The van der Waals surface area contributed by atoms with E-state index in [-0.39, 0.29) is 6.09 Å². The molecule has 2 amide bonds. The van der Waals surface area contributed by atoms with Crippen molar-refractivity contribution in [1.82, 2.24) is 14.9 Å². The molecule has 0 spiro atoms. The van der Waals surface area contributed by atoms with Crippen LogP contribution < -0.4 is 4.90 Å². The highest BCUT2D eigenvalue weighted by atomic mass is 16.6. The summed E-state index contributed by atoms with van der Waals surface area (Å²) in [7, 11) is 0. The Morgan fingerprint density at radius 1 is 0.643 bits per heavy atom. The van der Waals surface area contributed by atoms with Crippen LogP contribution in [0, 0.1) is 13.8 Å². The maximum Gasteiger partial charge on any atom is 0.415 e. The molecule has 0 aliphatic heterocycles. The van der Waals surface area contributed by atoms with Gasteiger partial charge in [0.15, 0.2) is 0 Å². The van der Waals surface area contributed by atoms with E-state index in [9.17, 15) is 14.7 Å². The third kappa shape index (κ3) is 10.7. The Labute approximate surface area is 331 Å². The summed E-state index contributed by atoms with van der Waals surface area (Å²) in [6, 6.07) is 43.4. The third-order valence-corrected chi connectivity index (χ3v) is 9.08. The molecule has 8 nitrogen and oxygen atoms in total. The van der Waals surface area contributed by atoms with Crippen molar-refractivity contribution in [3.05, 3.63) is 174 Å². The van der Waals surface area contributed by atoms with Crippen LogP contribution in [0.15, 0.2) is 146 Å². The molecule has 1 N–H and O–H groups in total. The average molecular weight is 749 g/mol. The van der Waals surface area contributed by atoms with Gasteiger partial charge >= 0.3 is 12.2 Å². The largest absolute Gasteiger partial charge is 0.465 e. The molecule has 6 rings (SSSR count). The number of hydrogen-bond acceptors (Lipinski definition) is 5. The fraction of sp³-hybridized carbons (Fsp3) is 0.250. The molecule has 6 aromatic rings. The zero-order chi connectivity index (χ0) is 40.5. The molecular formula is C48H52N4O4. The first kappa shape index (κ1) is 40.9. The Bertz CT molecular complexity index is 2200. The molecule has 0 aliphatic carbocycles. The van der Waals surface area contributed by atoms with Crippen molar-refractivity contribution >= 4 is 17.9 Å². The van der Waals surface area contributed by atoms with Crippen molar-refractivity contribution in [1.29, 1.82) is 0 Å². The molecule has 0 bridgehead atoms. The first-order chi connectivity index (χ1) is 26.6. The van der Waals surface area contributed by atoms with Gasteiger partial charge < -0.3 is 9.84 Å². The predicted octanol–water partition coefficient (Wildman–Crippen LogP) is 11.9. The smallest absolute Gasteiger partial charge is 0.415 e. The normalized spacial score (nSPS) is 11.8. The van der Waals surface area contributed by atoms with E-state index in [0.29, 0.717) is 12.2 Å². The van der Waals surface area contributed by atoms with Gasteiger partial charge in [-0.15, -0.1) is 0 Å². The van der Waals surface area contributed by atoms with Gasteiger partial charge in [0.2, 0.25) is 0 Å². The van der Waals surface area contributed by atoms with Crippen LogP contribution in [0.3, 0.4) is 0 Å². The number of carbonyl (C=O) groups is 2. The van der Waals surface area contributed by atoms with Crippen LogP contribution in [-0.4, -0.2) is 43.3 Å². The summed E-state index contributed by atoms with van der Waals surface area (Å²) in [5, 5.41) is 10.0. The maximum atomic E-state index is 13.0. The van der Waals surface area contributed by atoms with E-state index in [0.717, 1.165) is 50.3 Å². The Balaban J connectivity index is 0.000000214. The SMILES string of the molecule is Cc1ncc(C(c2ccccc2)N(C(=O)O)C(C)(C)C)cc1-c1ccccc1.Cc1ncc(N(Cc2ccccc2)C(=O)OC(C)(C)C)cc1-c1ccccc1. The van der Waals surface area contributed by atoms with E-state index >= 15 is 0 Å². The number of amides is 2. The van der Waals surface area contributed by atoms with Gasteiger partial charge in [0.25, 0.3) is 0 Å². The molecule has 0 saturated carbocycles. The number of benzene rings is 4. The Morgan fingerprint density at radius 3 is 1.59 bits per heavy atom. The number of ether oxygens (including phenoxy) is 1.